The van der Waals surface area contributed by atoms with Crippen molar-refractivity contribution >= 4 is 11.4 Å². The molecule has 1 aliphatic rings. The third-order valence-corrected chi connectivity index (χ3v) is 4.00. The fourth-order valence-electron chi connectivity index (χ4n) is 2.85. The maximum absolute atomic E-state index is 4.38. The van der Waals surface area contributed by atoms with Crippen molar-refractivity contribution in [2.75, 3.05) is 23.3 Å². The predicted molar refractivity (Wildman–Crippen MR) is 86.6 cm³/mol. The van der Waals surface area contributed by atoms with Gasteiger partial charge in [0.2, 0.25) is 0 Å². The molecule has 1 aromatic carbocycles. The van der Waals surface area contributed by atoms with E-state index in [1.54, 1.807) is 12.4 Å². The summed E-state index contributed by atoms with van der Waals surface area (Å²) in [4.78, 5) is 11.0. The summed E-state index contributed by atoms with van der Waals surface area (Å²) >= 11 is 0. The molecule has 1 fully saturated rings. The van der Waals surface area contributed by atoms with Crippen molar-refractivity contribution in [2.45, 2.75) is 32.2 Å². The highest BCUT2D eigenvalue weighted by Crippen LogP contribution is 2.30. The fraction of sp³-hybridized carbons (Fsp3) is 0.412. The molecule has 0 radical (unpaired) electrons. The van der Waals surface area contributed by atoms with Gasteiger partial charge >= 0.3 is 0 Å². The highest BCUT2D eigenvalue weighted by atomic mass is 15.2. The number of benzene rings is 1. The molecule has 0 bridgehead atoms. The van der Waals surface area contributed by atoms with E-state index in [1.807, 2.05) is 6.20 Å². The van der Waals surface area contributed by atoms with Crippen LogP contribution in [0.2, 0.25) is 0 Å². The van der Waals surface area contributed by atoms with E-state index in [9.17, 15) is 0 Å². The molecule has 3 rings (SSSR count). The van der Waals surface area contributed by atoms with Crippen LogP contribution in [0.5, 0.6) is 0 Å². The van der Waals surface area contributed by atoms with Gasteiger partial charge in [-0.05, 0) is 38.3 Å². The number of hydrogen-bond acceptors (Lipinski definition) is 4. The van der Waals surface area contributed by atoms with Crippen LogP contribution in [0.25, 0.3) is 0 Å². The number of nitrogens with zero attached hydrogens (tertiary/aromatic N) is 3. The first-order chi connectivity index (χ1) is 10.3. The van der Waals surface area contributed by atoms with Crippen LogP contribution in [0, 0.1) is 0 Å². The summed E-state index contributed by atoms with van der Waals surface area (Å²) in [5, 5.41) is 3.58. The van der Waals surface area contributed by atoms with E-state index in [-0.39, 0.29) is 6.04 Å². The van der Waals surface area contributed by atoms with Gasteiger partial charge in [0.05, 0.1) is 29.3 Å². The minimum atomic E-state index is 0.143. The maximum Gasteiger partial charge on any atom is 0.0806 e. The van der Waals surface area contributed by atoms with Gasteiger partial charge in [0, 0.05) is 25.5 Å². The van der Waals surface area contributed by atoms with Crippen molar-refractivity contribution in [3.8, 4) is 0 Å². The monoisotopic (exact) mass is 282 g/mol. The number of aromatic nitrogens is 2. The molecule has 110 valence electrons. The number of nitrogens with one attached hydrogen (secondary N) is 1. The molecule has 2 heterocycles. The van der Waals surface area contributed by atoms with Crippen molar-refractivity contribution in [1.29, 1.82) is 0 Å². The third kappa shape index (κ3) is 3.32. The van der Waals surface area contributed by atoms with E-state index >= 15 is 0 Å². The predicted octanol–water partition coefficient (Wildman–Crippen LogP) is 3.64. The summed E-state index contributed by atoms with van der Waals surface area (Å²) in [6, 6.07) is 8.69. The molecular formula is C17H22N4. The Morgan fingerprint density at radius 2 is 1.90 bits per heavy atom. The summed E-state index contributed by atoms with van der Waals surface area (Å²) in [7, 11) is 0. The second-order valence-electron chi connectivity index (χ2n) is 5.56. The summed E-state index contributed by atoms with van der Waals surface area (Å²) in [5.41, 5.74) is 3.44. The highest BCUT2D eigenvalue weighted by Gasteiger charge is 2.15. The molecule has 1 atom stereocenters. The second kappa shape index (κ2) is 6.57. The average Bonchev–Trinajstić information content (AvgIpc) is 2.57. The minimum absolute atomic E-state index is 0.143. The summed E-state index contributed by atoms with van der Waals surface area (Å²) in [6.07, 6.45) is 9.19. The largest absolute Gasteiger partial charge is 0.375 e. The molecule has 0 amide bonds. The molecule has 0 spiro atoms. The molecule has 0 aliphatic carbocycles. The molecule has 4 heteroatoms. The second-order valence-corrected chi connectivity index (χ2v) is 5.56. The smallest absolute Gasteiger partial charge is 0.0806 e. The lowest BCUT2D eigenvalue weighted by Gasteiger charge is -2.31. The average molecular weight is 282 g/mol. The highest BCUT2D eigenvalue weighted by molar-refractivity contribution is 5.70. The number of para-hydroxylation sites is 2. The first-order valence-electron chi connectivity index (χ1n) is 7.71. The zero-order valence-electron chi connectivity index (χ0n) is 12.5. The van der Waals surface area contributed by atoms with Crippen molar-refractivity contribution in [3.05, 3.63) is 48.5 Å². The molecule has 2 aromatic rings. The maximum atomic E-state index is 4.38. The first-order valence-corrected chi connectivity index (χ1v) is 7.71. The molecule has 1 N–H and O–H groups in total. The number of hydrogen-bond donors (Lipinski definition) is 1. The Morgan fingerprint density at radius 3 is 2.67 bits per heavy atom. The van der Waals surface area contributed by atoms with E-state index in [1.165, 1.54) is 30.6 Å². The van der Waals surface area contributed by atoms with Crippen LogP contribution in [0.1, 0.15) is 37.9 Å². The molecule has 1 unspecified atom stereocenters. The minimum Gasteiger partial charge on any atom is -0.375 e. The zero-order chi connectivity index (χ0) is 14.5. The Bertz CT molecular complexity index is 564. The number of anilines is 2. The molecular weight excluding hydrogens is 260 g/mol. The lowest BCUT2D eigenvalue weighted by Crippen LogP contribution is -2.30. The summed E-state index contributed by atoms with van der Waals surface area (Å²) < 4.78 is 0. The van der Waals surface area contributed by atoms with E-state index in [0.29, 0.717) is 0 Å². The first kappa shape index (κ1) is 13.9. The van der Waals surface area contributed by atoms with Gasteiger partial charge in [-0.15, -0.1) is 0 Å². The van der Waals surface area contributed by atoms with Crippen LogP contribution >= 0.6 is 0 Å². The third-order valence-electron chi connectivity index (χ3n) is 4.00. The molecule has 1 aromatic heterocycles. The van der Waals surface area contributed by atoms with Gasteiger partial charge in [-0.1, -0.05) is 12.1 Å². The quantitative estimate of drug-likeness (QED) is 0.929. The van der Waals surface area contributed by atoms with Crippen LogP contribution in [0.15, 0.2) is 42.9 Å². The van der Waals surface area contributed by atoms with Crippen LogP contribution in [-0.4, -0.2) is 23.1 Å². The normalized spacial score (nSPS) is 16.5. The van der Waals surface area contributed by atoms with Gasteiger partial charge in [0.25, 0.3) is 0 Å². The molecule has 0 saturated carbocycles. The Kier molecular flexibility index (Phi) is 4.34. The van der Waals surface area contributed by atoms with E-state index in [2.05, 4.69) is 51.4 Å². The molecule has 4 nitrogen and oxygen atoms in total. The summed E-state index contributed by atoms with van der Waals surface area (Å²) in [6.45, 7) is 4.42. The van der Waals surface area contributed by atoms with Gasteiger partial charge in [-0.3, -0.25) is 9.97 Å². The van der Waals surface area contributed by atoms with E-state index in [0.717, 1.165) is 18.8 Å². The van der Waals surface area contributed by atoms with Crippen molar-refractivity contribution < 1.29 is 0 Å². The van der Waals surface area contributed by atoms with Gasteiger partial charge in [0.15, 0.2) is 0 Å². The summed E-state index contributed by atoms with van der Waals surface area (Å²) in [5.74, 6) is 0. The Balaban J connectivity index is 1.79. The van der Waals surface area contributed by atoms with Crippen LogP contribution < -0.4 is 10.2 Å². The van der Waals surface area contributed by atoms with Crippen molar-refractivity contribution in [1.82, 2.24) is 9.97 Å². The number of piperidine rings is 1. The number of rotatable bonds is 4. The van der Waals surface area contributed by atoms with Crippen LogP contribution in [0.4, 0.5) is 11.4 Å². The lowest BCUT2D eigenvalue weighted by atomic mass is 10.1. The lowest BCUT2D eigenvalue weighted by molar-refractivity contribution is 0.578. The van der Waals surface area contributed by atoms with Crippen LogP contribution in [-0.2, 0) is 0 Å². The van der Waals surface area contributed by atoms with Gasteiger partial charge < -0.3 is 10.2 Å². The van der Waals surface area contributed by atoms with Gasteiger partial charge in [0.1, 0.15) is 0 Å². The topological polar surface area (TPSA) is 41.0 Å². The van der Waals surface area contributed by atoms with E-state index in [4.69, 9.17) is 0 Å². The van der Waals surface area contributed by atoms with Crippen LogP contribution in [0.3, 0.4) is 0 Å². The molecule has 21 heavy (non-hydrogen) atoms. The standard InChI is InChI=1S/C17H22N4/c1-14(16-13-18-9-10-19-16)20-15-7-3-4-8-17(15)21-11-5-2-6-12-21/h3-4,7-10,13-14,20H,2,5-6,11-12H2,1H3. The van der Waals surface area contributed by atoms with Gasteiger partial charge in [-0.25, -0.2) is 0 Å². The van der Waals surface area contributed by atoms with Crippen molar-refractivity contribution in [2.24, 2.45) is 0 Å². The zero-order valence-corrected chi connectivity index (χ0v) is 12.5. The molecule has 1 saturated heterocycles. The fourth-order valence-corrected chi connectivity index (χ4v) is 2.85. The Labute approximate surface area is 126 Å². The van der Waals surface area contributed by atoms with E-state index < -0.39 is 0 Å². The van der Waals surface area contributed by atoms with Gasteiger partial charge in [-0.2, -0.15) is 0 Å². The molecule has 1 aliphatic heterocycles. The SMILES string of the molecule is CC(Nc1ccccc1N1CCCCC1)c1cnccn1. The van der Waals surface area contributed by atoms with Crippen molar-refractivity contribution in [3.63, 3.8) is 0 Å². The Hall–Kier alpha value is -2.10. The Morgan fingerprint density at radius 1 is 1.10 bits per heavy atom.